The average Bonchev–Trinajstić information content (AvgIpc) is 2.42. The molecule has 0 saturated carbocycles. The minimum Gasteiger partial charge on any atom is -0.385 e. The van der Waals surface area contributed by atoms with Crippen LogP contribution in [-0.4, -0.2) is 38.6 Å². The fourth-order valence-corrected chi connectivity index (χ4v) is 1.69. The first-order valence-corrected chi connectivity index (χ1v) is 7.27. The van der Waals surface area contributed by atoms with Crippen molar-refractivity contribution in [2.75, 3.05) is 26.8 Å². The molecule has 0 aromatic heterocycles. The molecule has 0 spiro atoms. The van der Waals surface area contributed by atoms with Crippen LogP contribution in [0.4, 0.5) is 0 Å². The highest BCUT2D eigenvalue weighted by atomic mass is 16.5. The summed E-state index contributed by atoms with van der Waals surface area (Å²) in [6.07, 6.45) is 7.72. The molecule has 0 unspecified atom stereocenters. The molecule has 0 fully saturated rings. The van der Waals surface area contributed by atoms with Gasteiger partial charge in [-0.05, 0) is 12.8 Å². The minimum atomic E-state index is -0.554. The van der Waals surface area contributed by atoms with Gasteiger partial charge < -0.3 is 15.4 Å². The number of amides is 2. The molecule has 0 rings (SSSR count). The average molecular weight is 272 g/mol. The van der Waals surface area contributed by atoms with E-state index in [4.69, 9.17) is 4.74 Å². The topological polar surface area (TPSA) is 67.4 Å². The van der Waals surface area contributed by atoms with Gasteiger partial charge in [0.25, 0.3) is 0 Å². The monoisotopic (exact) mass is 272 g/mol. The van der Waals surface area contributed by atoms with Crippen molar-refractivity contribution >= 4 is 11.8 Å². The molecule has 0 radical (unpaired) electrons. The molecule has 0 aromatic carbocycles. The SMILES string of the molecule is CCCCCCCCNC(=O)C(=O)NCCCOC. The van der Waals surface area contributed by atoms with Crippen LogP contribution in [-0.2, 0) is 14.3 Å². The van der Waals surface area contributed by atoms with E-state index in [9.17, 15) is 9.59 Å². The molecule has 0 aromatic rings. The van der Waals surface area contributed by atoms with E-state index in [0.29, 0.717) is 26.1 Å². The first-order valence-electron chi connectivity index (χ1n) is 7.27. The Bertz CT molecular complexity index is 245. The summed E-state index contributed by atoms with van der Waals surface area (Å²) in [5, 5.41) is 5.19. The summed E-state index contributed by atoms with van der Waals surface area (Å²) in [7, 11) is 1.61. The Kier molecular flexibility index (Phi) is 12.6. The fraction of sp³-hybridized carbons (Fsp3) is 0.857. The van der Waals surface area contributed by atoms with E-state index >= 15 is 0 Å². The summed E-state index contributed by atoms with van der Waals surface area (Å²) in [5.74, 6) is -1.09. The summed E-state index contributed by atoms with van der Waals surface area (Å²) in [4.78, 5) is 22.7. The zero-order valence-electron chi connectivity index (χ0n) is 12.3. The summed E-state index contributed by atoms with van der Waals surface area (Å²) < 4.78 is 4.85. The fourth-order valence-electron chi connectivity index (χ4n) is 1.69. The van der Waals surface area contributed by atoms with E-state index in [1.807, 2.05) is 0 Å². The van der Waals surface area contributed by atoms with E-state index in [-0.39, 0.29) is 0 Å². The van der Waals surface area contributed by atoms with Crippen molar-refractivity contribution in [2.45, 2.75) is 51.9 Å². The maximum atomic E-state index is 11.4. The molecule has 2 N–H and O–H groups in total. The van der Waals surface area contributed by atoms with Crippen LogP contribution in [0.15, 0.2) is 0 Å². The number of hydrogen-bond acceptors (Lipinski definition) is 3. The van der Waals surface area contributed by atoms with Crippen molar-refractivity contribution < 1.29 is 14.3 Å². The summed E-state index contributed by atoms with van der Waals surface area (Å²) in [6, 6.07) is 0. The molecular formula is C14H28N2O3. The first-order chi connectivity index (χ1) is 9.22. The number of hydrogen-bond donors (Lipinski definition) is 2. The zero-order chi connectivity index (χ0) is 14.3. The molecule has 0 saturated heterocycles. The van der Waals surface area contributed by atoms with Crippen molar-refractivity contribution in [3.63, 3.8) is 0 Å². The second-order valence-electron chi connectivity index (χ2n) is 4.63. The maximum Gasteiger partial charge on any atom is 0.309 e. The van der Waals surface area contributed by atoms with Crippen molar-refractivity contribution in [2.24, 2.45) is 0 Å². The zero-order valence-corrected chi connectivity index (χ0v) is 12.3. The van der Waals surface area contributed by atoms with E-state index in [0.717, 1.165) is 12.8 Å². The highest BCUT2D eigenvalue weighted by Crippen LogP contribution is 2.03. The molecule has 5 nitrogen and oxygen atoms in total. The van der Waals surface area contributed by atoms with Gasteiger partial charge in [-0.3, -0.25) is 9.59 Å². The number of nitrogens with one attached hydrogen (secondary N) is 2. The van der Waals surface area contributed by atoms with Crippen LogP contribution in [0, 0.1) is 0 Å². The lowest BCUT2D eigenvalue weighted by Gasteiger charge is -2.06. The second kappa shape index (κ2) is 13.3. The van der Waals surface area contributed by atoms with Gasteiger partial charge in [-0.25, -0.2) is 0 Å². The minimum absolute atomic E-state index is 0.469. The predicted octanol–water partition coefficient (Wildman–Crippen LogP) is 1.62. The van der Waals surface area contributed by atoms with Crippen LogP contribution in [0.3, 0.4) is 0 Å². The Morgan fingerprint density at radius 2 is 1.37 bits per heavy atom. The van der Waals surface area contributed by atoms with Crippen molar-refractivity contribution in [3.8, 4) is 0 Å². The van der Waals surface area contributed by atoms with E-state index in [2.05, 4.69) is 17.6 Å². The number of rotatable bonds is 11. The van der Waals surface area contributed by atoms with Gasteiger partial charge in [0.2, 0.25) is 0 Å². The molecule has 0 heterocycles. The Morgan fingerprint density at radius 3 is 1.95 bits per heavy atom. The second-order valence-corrected chi connectivity index (χ2v) is 4.63. The summed E-state index contributed by atoms with van der Waals surface area (Å²) in [5.41, 5.74) is 0. The van der Waals surface area contributed by atoms with Crippen molar-refractivity contribution in [3.05, 3.63) is 0 Å². The normalized spacial score (nSPS) is 10.2. The van der Waals surface area contributed by atoms with Crippen LogP contribution >= 0.6 is 0 Å². The molecule has 5 heteroatoms. The molecule has 19 heavy (non-hydrogen) atoms. The molecule has 0 aliphatic rings. The molecule has 0 bridgehead atoms. The number of carbonyl (C=O) groups is 2. The van der Waals surface area contributed by atoms with Crippen LogP contribution < -0.4 is 10.6 Å². The molecule has 0 aliphatic carbocycles. The maximum absolute atomic E-state index is 11.4. The Balaban J connectivity index is 3.39. The van der Waals surface area contributed by atoms with Gasteiger partial charge in [0.1, 0.15) is 0 Å². The standard InChI is InChI=1S/C14H28N2O3/c1-3-4-5-6-7-8-10-15-13(17)14(18)16-11-9-12-19-2/h3-12H2,1-2H3,(H,15,17)(H,16,18). The largest absolute Gasteiger partial charge is 0.385 e. The van der Waals surface area contributed by atoms with E-state index in [1.165, 1.54) is 25.7 Å². The van der Waals surface area contributed by atoms with Gasteiger partial charge in [0.05, 0.1) is 0 Å². The Labute approximate surface area is 116 Å². The Hall–Kier alpha value is -1.10. The third-order valence-electron chi connectivity index (χ3n) is 2.83. The van der Waals surface area contributed by atoms with Gasteiger partial charge >= 0.3 is 11.8 Å². The number of carbonyl (C=O) groups excluding carboxylic acids is 2. The summed E-state index contributed by atoms with van der Waals surface area (Å²) >= 11 is 0. The van der Waals surface area contributed by atoms with Gasteiger partial charge in [0.15, 0.2) is 0 Å². The predicted molar refractivity (Wildman–Crippen MR) is 75.9 cm³/mol. The number of methoxy groups -OCH3 is 1. The lowest BCUT2D eigenvalue weighted by atomic mass is 10.1. The lowest BCUT2D eigenvalue weighted by molar-refractivity contribution is -0.139. The van der Waals surface area contributed by atoms with Gasteiger partial charge in [-0.1, -0.05) is 39.0 Å². The summed E-state index contributed by atoms with van der Waals surface area (Å²) in [6.45, 7) is 3.82. The van der Waals surface area contributed by atoms with Crippen LogP contribution in [0.1, 0.15) is 51.9 Å². The van der Waals surface area contributed by atoms with E-state index < -0.39 is 11.8 Å². The molecule has 0 atom stereocenters. The van der Waals surface area contributed by atoms with Crippen molar-refractivity contribution in [1.29, 1.82) is 0 Å². The van der Waals surface area contributed by atoms with Gasteiger partial charge in [-0.2, -0.15) is 0 Å². The number of ether oxygens (including phenoxy) is 1. The third kappa shape index (κ3) is 11.7. The van der Waals surface area contributed by atoms with Crippen molar-refractivity contribution in [1.82, 2.24) is 10.6 Å². The first kappa shape index (κ1) is 17.9. The quantitative estimate of drug-likeness (QED) is 0.443. The molecule has 0 aliphatic heterocycles. The van der Waals surface area contributed by atoms with Crippen LogP contribution in [0.25, 0.3) is 0 Å². The highest BCUT2D eigenvalue weighted by Gasteiger charge is 2.11. The lowest BCUT2D eigenvalue weighted by Crippen LogP contribution is -2.40. The molecule has 112 valence electrons. The van der Waals surface area contributed by atoms with Crippen LogP contribution in [0.2, 0.25) is 0 Å². The van der Waals surface area contributed by atoms with Gasteiger partial charge in [-0.15, -0.1) is 0 Å². The van der Waals surface area contributed by atoms with Gasteiger partial charge in [0, 0.05) is 26.8 Å². The van der Waals surface area contributed by atoms with E-state index in [1.54, 1.807) is 7.11 Å². The Morgan fingerprint density at radius 1 is 0.842 bits per heavy atom. The van der Waals surface area contributed by atoms with Crippen LogP contribution in [0.5, 0.6) is 0 Å². The third-order valence-corrected chi connectivity index (χ3v) is 2.83. The highest BCUT2D eigenvalue weighted by molar-refractivity contribution is 6.35. The molecular weight excluding hydrogens is 244 g/mol. The number of unbranched alkanes of at least 4 members (excludes halogenated alkanes) is 5. The smallest absolute Gasteiger partial charge is 0.309 e. The molecule has 2 amide bonds.